The summed E-state index contributed by atoms with van der Waals surface area (Å²) in [4.78, 5) is 0. The molecule has 31 heavy (non-hydrogen) atoms. The highest BCUT2D eigenvalue weighted by Gasteiger charge is 2.22. The number of aromatic nitrogens is 2. The van der Waals surface area contributed by atoms with E-state index in [4.69, 9.17) is 0 Å². The van der Waals surface area contributed by atoms with Crippen molar-refractivity contribution < 1.29 is 0 Å². The van der Waals surface area contributed by atoms with Crippen LogP contribution in [0.2, 0.25) is 0 Å². The summed E-state index contributed by atoms with van der Waals surface area (Å²) in [7, 11) is 0. The maximum absolute atomic E-state index is 3.38. The van der Waals surface area contributed by atoms with Crippen molar-refractivity contribution >= 4 is 38.8 Å². The first kappa shape index (κ1) is 18.1. The van der Waals surface area contributed by atoms with Crippen LogP contribution in [0, 0.1) is 11.8 Å². The maximum Gasteiger partial charge on any atom is 0.0735 e. The van der Waals surface area contributed by atoms with Crippen molar-refractivity contribution in [3.05, 3.63) is 84.1 Å². The van der Waals surface area contributed by atoms with Crippen molar-refractivity contribution in [3.8, 4) is 17.5 Å². The molecule has 5 aromatic rings. The highest BCUT2D eigenvalue weighted by atomic mass is 15.1. The Labute approximate surface area is 182 Å². The molecule has 2 aromatic heterocycles. The highest BCUT2D eigenvalue weighted by molar-refractivity contribution is 6.10. The molecule has 0 saturated heterocycles. The van der Waals surface area contributed by atoms with Gasteiger partial charge in [0.05, 0.1) is 22.2 Å². The largest absolute Gasteiger partial charge is 0.336 e. The minimum atomic E-state index is 0.345. The normalized spacial score (nSPS) is 14.4. The van der Waals surface area contributed by atoms with Gasteiger partial charge in [-0.2, -0.15) is 0 Å². The third kappa shape index (κ3) is 2.60. The van der Waals surface area contributed by atoms with Gasteiger partial charge in [0.1, 0.15) is 0 Å². The van der Waals surface area contributed by atoms with Gasteiger partial charge in [-0.05, 0) is 43.7 Å². The molecule has 0 atom stereocenters. The summed E-state index contributed by atoms with van der Waals surface area (Å²) in [6.45, 7) is 4.56. The Hall–Kier alpha value is -3.70. The lowest BCUT2D eigenvalue weighted by molar-refractivity contribution is 0.616. The average molecular weight is 401 g/mol. The summed E-state index contributed by atoms with van der Waals surface area (Å²) in [5, 5.41) is 3.90. The number of para-hydroxylation sites is 3. The summed E-state index contributed by atoms with van der Waals surface area (Å²) in [6.07, 6.45) is 6.09. The Morgan fingerprint density at radius 3 is 2.16 bits per heavy atom. The van der Waals surface area contributed by atoms with Crippen LogP contribution in [0.1, 0.15) is 37.6 Å². The molecule has 150 valence electrons. The second kappa shape index (κ2) is 6.93. The SMILES string of the molecule is CC(C)n1c2c(c3cccc(-n4c5ccccc5c5ccccc54)c31)CC#CC/C=C\2. The quantitative estimate of drug-likeness (QED) is 0.276. The van der Waals surface area contributed by atoms with E-state index in [1.165, 1.54) is 49.7 Å². The van der Waals surface area contributed by atoms with Gasteiger partial charge in [-0.1, -0.05) is 66.4 Å². The molecule has 6 rings (SSSR count). The fraction of sp³-hybridized carbons (Fsp3) is 0.172. The van der Waals surface area contributed by atoms with Crippen molar-refractivity contribution in [1.82, 2.24) is 9.13 Å². The molecule has 1 aliphatic carbocycles. The average Bonchev–Trinajstić information content (AvgIpc) is 3.26. The first-order valence-corrected chi connectivity index (χ1v) is 11.0. The van der Waals surface area contributed by atoms with Gasteiger partial charge in [0, 0.05) is 40.7 Å². The van der Waals surface area contributed by atoms with Crippen molar-refractivity contribution in [2.75, 3.05) is 0 Å². The van der Waals surface area contributed by atoms with Crippen LogP contribution in [0.4, 0.5) is 0 Å². The summed E-state index contributed by atoms with van der Waals surface area (Å²) in [6, 6.07) is 24.5. The van der Waals surface area contributed by atoms with Gasteiger partial charge in [-0.15, -0.1) is 0 Å². The van der Waals surface area contributed by atoms with Crippen LogP contribution in [-0.2, 0) is 6.42 Å². The van der Waals surface area contributed by atoms with Gasteiger partial charge in [-0.3, -0.25) is 0 Å². The van der Waals surface area contributed by atoms with Gasteiger partial charge in [0.2, 0.25) is 0 Å². The topological polar surface area (TPSA) is 9.86 Å². The lowest BCUT2D eigenvalue weighted by Gasteiger charge is -2.17. The monoisotopic (exact) mass is 400 g/mol. The minimum Gasteiger partial charge on any atom is -0.336 e. The molecule has 0 radical (unpaired) electrons. The van der Waals surface area contributed by atoms with Gasteiger partial charge in [-0.25, -0.2) is 0 Å². The van der Waals surface area contributed by atoms with E-state index in [1.54, 1.807) is 0 Å². The van der Waals surface area contributed by atoms with Crippen molar-refractivity contribution in [2.24, 2.45) is 0 Å². The zero-order valence-electron chi connectivity index (χ0n) is 17.9. The second-order valence-corrected chi connectivity index (χ2v) is 8.51. The van der Waals surface area contributed by atoms with Gasteiger partial charge in [0.15, 0.2) is 0 Å². The van der Waals surface area contributed by atoms with Crippen molar-refractivity contribution in [3.63, 3.8) is 0 Å². The zero-order chi connectivity index (χ0) is 20.9. The number of benzene rings is 3. The lowest BCUT2D eigenvalue weighted by atomic mass is 10.0. The second-order valence-electron chi connectivity index (χ2n) is 8.51. The molecule has 0 saturated carbocycles. The predicted octanol–water partition coefficient (Wildman–Crippen LogP) is 7.28. The Morgan fingerprint density at radius 1 is 0.774 bits per heavy atom. The molecule has 0 amide bonds. The van der Waals surface area contributed by atoms with Crippen molar-refractivity contribution in [1.29, 1.82) is 0 Å². The Bertz CT molecular complexity index is 1510. The number of hydrogen-bond donors (Lipinski definition) is 0. The van der Waals surface area contributed by atoms with Gasteiger partial charge >= 0.3 is 0 Å². The van der Waals surface area contributed by atoms with Crippen LogP contribution in [-0.4, -0.2) is 9.13 Å². The van der Waals surface area contributed by atoms with Crippen LogP contribution in [0.25, 0.3) is 44.5 Å². The lowest BCUT2D eigenvalue weighted by Crippen LogP contribution is -2.06. The molecule has 1 aliphatic rings. The number of fused-ring (bicyclic) bond motifs is 6. The molecule has 0 spiro atoms. The molecule has 0 unspecified atom stereocenters. The van der Waals surface area contributed by atoms with E-state index in [2.05, 4.69) is 114 Å². The molecule has 0 aliphatic heterocycles. The van der Waals surface area contributed by atoms with Crippen LogP contribution in [0.5, 0.6) is 0 Å². The van der Waals surface area contributed by atoms with Crippen molar-refractivity contribution in [2.45, 2.75) is 32.7 Å². The fourth-order valence-corrected chi connectivity index (χ4v) is 5.15. The summed E-state index contributed by atoms with van der Waals surface area (Å²) < 4.78 is 4.95. The van der Waals surface area contributed by atoms with E-state index in [-0.39, 0.29) is 0 Å². The van der Waals surface area contributed by atoms with Crippen LogP contribution in [0.15, 0.2) is 72.8 Å². The predicted molar refractivity (Wildman–Crippen MR) is 132 cm³/mol. The maximum atomic E-state index is 3.38. The fourth-order valence-electron chi connectivity index (χ4n) is 5.15. The molecule has 0 bridgehead atoms. The zero-order valence-corrected chi connectivity index (χ0v) is 17.9. The Morgan fingerprint density at radius 2 is 1.45 bits per heavy atom. The van der Waals surface area contributed by atoms with Gasteiger partial charge in [0.25, 0.3) is 0 Å². The number of nitrogens with zero attached hydrogens (tertiary/aromatic N) is 2. The molecule has 0 fully saturated rings. The number of hydrogen-bond acceptors (Lipinski definition) is 0. The van der Waals surface area contributed by atoms with Crippen LogP contribution >= 0.6 is 0 Å². The van der Waals surface area contributed by atoms with E-state index in [9.17, 15) is 0 Å². The molecule has 2 heterocycles. The summed E-state index contributed by atoms with van der Waals surface area (Å²) in [5.41, 5.74) is 7.66. The molecule has 2 heteroatoms. The Kier molecular flexibility index (Phi) is 4.04. The van der Waals surface area contributed by atoms with Gasteiger partial charge < -0.3 is 9.13 Å². The highest BCUT2D eigenvalue weighted by Crippen LogP contribution is 2.39. The summed E-state index contributed by atoms with van der Waals surface area (Å²) in [5.74, 6) is 6.65. The number of rotatable bonds is 2. The minimum absolute atomic E-state index is 0.345. The van der Waals surface area contributed by atoms with E-state index in [1.807, 2.05) is 0 Å². The van der Waals surface area contributed by atoms with E-state index >= 15 is 0 Å². The Balaban J connectivity index is 1.81. The molecular formula is C29H24N2. The van der Waals surface area contributed by atoms with E-state index in [0.29, 0.717) is 6.04 Å². The summed E-state index contributed by atoms with van der Waals surface area (Å²) >= 11 is 0. The molecule has 3 aromatic carbocycles. The number of allylic oxidation sites excluding steroid dienone is 1. The molecular weight excluding hydrogens is 376 g/mol. The first-order chi connectivity index (χ1) is 15.3. The van der Waals surface area contributed by atoms with Crippen LogP contribution in [0.3, 0.4) is 0 Å². The smallest absolute Gasteiger partial charge is 0.0735 e. The third-order valence-corrected chi connectivity index (χ3v) is 6.37. The van der Waals surface area contributed by atoms with E-state index < -0.39 is 0 Å². The van der Waals surface area contributed by atoms with E-state index in [0.717, 1.165) is 12.8 Å². The first-order valence-electron chi connectivity index (χ1n) is 11.0. The van der Waals surface area contributed by atoms with Crippen LogP contribution < -0.4 is 0 Å². The molecule has 0 N–H and O–H groups in total. The standard InChI is InChI=1S/C29H24N2/c1-20(2)30-25-16-6-4-3-5-12-23(25)24-15-11-19-28(29(24)30)31-26-17-9-7-13-21(26)22-14-8-10-18-27(22)31/h6-11,13-20H,4,12H2,1-2H3/b16-6-. The molecule has 2 nitrogen and oxygen atoms in total. The third-order valence-electron chi connectivity index (χ3n) is 6.37.